The minimum Gasteiger partial charge on any atom is -0.496 e. The monoisotopic (exact) mass is 479 g/mol. The zero-order chi connectivity index (χ0) is 25.4. The molecular weight excluding hydrogens is 446 g/mol. The van der Waals surface area contributed by atoms with E-state index in [0.717, 1.165) is 47.8 Å². The van der Waals surface area contributed by atoms with Crippen molar-refractivity contribution in [3.05, 3.63) is 59.8 Å². The molecule has 1 aromatic heterocycles. The number of hydrogen-bond donors (Lipinski definition) is 3. The van der Waals surface area contributed by atoms with E-state index in [-0.39, 0.29) is 11.8 Å². The van der Waals surface area contributed by atoms with Gasteiger partial charge in [0.05, 0.1) is 19.2 Å². The van der Waals surface area contributed by atoms with E-state index in [4.69, 9.17) is 9.84 Å². The quantitative estimate of drug-likeness (QED) is 0.350. The van der Waals surface area contributed by atoms with Crippen molar-refractivity contribution in [3.8, 4) is 5.75 Å². The number of fused-ring (bicyclic) bond motifs is 1. The van der Waals surface area contributed by atoms with Crippen LogP contribution in [0.25, 0.3) is 10.9 Å². The molecule has 8 nitrogen and oxygen atoms in total. The fraction of sp³-hybridized carbons (Fsp3) is 0.370. The average Bonchev–Trinajstić information content (AvgIpc) is 3.25. The molecule has 0 radical (unpaired) electrons. The van der Waals surface area contributed by atoms with Crippen molar-refractivity contribution in [2.75, 3.05) is 19.0 Å². The Labute approximate surface area is 205 Å². The molecule has 3 rings (SSSR count). The lowest BCUT2D eigenvalue weighted by Gasteiger charge is -2.15. The molecule has 186 valence electrons. The van der Waals surface area contributed by atoms with Gasteiger partial charge in [0.25, 0.3) is 5.91 Å². The summed E-state index contributed by atoms with van der Waals surface area (Å²) in [7, 11) is 1.53. The molecule has 2 amide bonds. The van der Waals surface area contributed by atoms with Gasteiger partial charge in [-0.3, -0.25) is 14.4 Å². The molecule has 3 N–H and O–H groups in total. The SMILES string of the molecule is CCCCC(CC)C(=O)Nc1ccc2ccn(Cc3ccc(C(=O)NCC(=O)O)cc3OC)c2c1. The van der Waals surface area contributed by atoms with Crippen LogP contribution in [0, 0.1) is 5.92 Å². The van der Waals surface area contributed by atoms with E-state index < -0.39 is 18.4 Å². The summed E-state index contributed by atoms with van der Waals surface area (Å²) in [5.41, 5.74) is 2.91. The summed E-state index contributed by atoms with van der Waals surface area (Å²) in [6, 6.07) is 12.9. The first-order valence-corrected chi connectivity index (χ1v) is 11.9. The third-order valence-corrected chi connectivity index (χ3v) is 6.10. The number of anilines is 1. The second-order valence-electron chi connectivity index (χ2n) is 8.56. The van der Waals surface area contributed by atoms with Crippen LogP contribution in [0.15, 0.2) is 48.7 Å². The van der Waals surface area contributed by atoms with E-state index in [1.165, 1.54) is 7.11 Å². The molecule has 0 bridgehead atoms. The first-order valence-electron chi connectivity index (χ1n) is 11.9. The van der Waals surface area contributed by atoms with Crippen molar-refractivity contribution in [1.82, 2.24) is 9.88 Å². The predicted octanol–water partition coefficient (Wildman–Crippen LogP) is 4.67. The topological polar surface area (TPSA) is 110 Å². The Kier molecular flexibility index (Phi) is 8.89. The second-order valence-corrected chi connectivity index (χ2v) is 8.56. The molecule has 0 aliphatic rings. The van der Waals surface area contributed by atoms with Gasteiger partial charge in [-0.15, -0.1) is 0 Å². The zero-order valence-electron chi connectivity index (χ0n) is 20.5. The number of nitrogens with one attached hydrogen (secondary N) is 2. The number of rotatable bonds is 12. The van der Waals surface area contributed by atoms with Crippen molar-refractivity contribution in [2.24, 2.45) is 5.92 Å². The number of carbonyl (C=O) groups is 3. The molecule has 2 aromatic carbocycles. The molecule has 1 unspecified atom stereocenters. The van der Waals surface area contributed by atoms with E-state index in [0.29, 0.717) is 17.9 Å². The van der Waals surface area contributed by atoms with Crippen LogP contribution in [0.2, 0.25) is 0 Å². The third-order valence-electron chi connectivity index (χ3n) is 6.10. The Balaban J connectivity index is 1.80. The molecule has 1 heterocycles. The number of benzene rings is 2. The van der Waals surface area contributed by atoms with Gasteiger partial charge in [-0.05, 0) is 48.6 Å². The van der Waals surface area contributed by atoms with Crippen molar-refractivity contribution >= 4 is 34.4 Å². The number of carboxylic acid groups (broad SMARTS) is 1. The summed E-state index contributed by atoms with van der Waals surface area (Å²) in [4.78, 5) is 35.7. The lowest BCUT2D eigenvalue weighted by molar-refractivity contribution is -0.135. The van der Waals surface area contributed by atoms with Gasteiger partial charge in [-0.25, -0.2) is 0 Å². The van der Waals surface area contributed by atoms with Gasteiger partial charge in [-0.2, -0.15) is 0 Å². The van der Waals surface area contributed by atoms with Gasteiger partial charge in [0.15, 0.2) is 0 Å². The van der Waals surface area contributed by atoms with Crippen LogP contribution >= 0.6 is 0 Å². The maximum atomic E-state index is 12.8. The number of carbonyl (C=O) groups excluding carboxylic acids is 2. The minimum absolute atomic E-state index is 0.00732. The molecular formula is C27H33N3O5. The molecule has 1 atom stereocenters. The Bertz CT molecular complexity index is 1200. The molecule has 0 saturated carbocycles. The smallest absolute Gasteiger partial charge is 0.322 e. The van der Waals surface area contributed by atoms with Gasteiger partial charge in [0.1, 0.15) is 12.3 Å². The van der Waals surface area contributed by atoms with E-state index >= 15 is 0 Å². The van der Waals surface area contributed by atoms with Gasteiger partial charge >= 0.3 is 5.97 Å². The summed E-state index contributed by atoms with van der Waals surface area (Å²) >= 11 is 0. The maximum Gasteiger partial charge on any atom is 0.322 e. The number of methoxy groups -OCH3 is 1. The highest BCUT2D eigenvalue weighted by atomic mass is 16.5. The van der Waals surface area contributed by atoms with E-state index in [1.807, 2.05) is 37.4 Å². The number of hydrogen-bond acceptors (Lipinski definition) is 4. The van der Waals surface area contributed by atoms with Crippen LogP contribution in [0.5, 0.6) is 5.75 Å². The molecule has 8 heteroatoms. The molecule has 0 saturated heterocycles. The second kappa shape index (κ2) is 12.1. The highest BCUT2D eigenvalue weighted by Gasteiger charge is 2.17. The summed E-state index contributed by atoms with van der Waals surface area (Å²) in [5, 5.41) is 15.2. The summed E-state index contributed by atoms with van der Waals surface area (Å²) in [6.45, 7) is 4.22. The number of amides is 2. The summed E-state index contributed by atoms with van der Waals surface area (Å²) < 4.78 is 7.56. The van der Waals surface area contributed by atoms with E-state index in [1.54, 1.807) is 18.2 Å². The van der Waals surface area contributed by atoms with Crippen molar-refractivity contribution < 1.29 is 24.2 Å². The van der Waals surface area contributed by atoms with Crippen LogP contribution in [0.4, 0.5) is 5.69 Å². The predicted molar refractivity (Wildman–Crippen MR) is 136 cm³/mol. The normalized spacial score (nSPS) is 11.7. The number of nitrogens with zero attached hydrogens (tertiary/aromatic N) is 1. The van der Waals surface area contributed by atoms with Crippen LogP contribution in [-0.4, -0.2) is 41.1 Å². The standard InChI is InChI=1S/C27H33N3O5/c1-4-6-7-18(5-2)27(34)29-22-11-10-19-12-13-30(23(19)15-22)17-21-9-8-20(14-24(21)35-3)26(33)28-16-25(31)32/h8-15,18H,4-7,16-17H2,1-3H3,(H,28,33)(H,29,34)(H,31,32). The number of aliphatic carboxylic acids is 1. The fourth-order valence-electron chi connectivity index (χ4n) is 4.07. The van der Waals surface area contributed by atoms with Crippen molar-refractivity contribution in [3.63, 3.8) is 0 Å². The van der Waals surface area contributed by atoms with E-state index in [2.05, 4.69) is 22.1 Å². The maximum absolute atomic E-state index is 12.8. The molecule has 0 spiro atoms. The Hall–Kier alpha value is -3.81. The number of carboxylic acids is 1. The number of unbranched alkanes of at least 4 members (excludes halogenated alkanes) is 1. The first kappa shape index (κ1) is 25.8. The van der Waals surface area contributed by atoms with Gasteiger partial charge < -0.3 is 25.0 Å². The van der Waals surface area contributed by atoms with Crippen LogP contribution in [0.1, 0.15) is 55.5 Å². The van der Waals surface area contributed by atoms with Crippen molar-refractivity contribution in [1.29, 1.82) is 0 Å². The molecule has 0 aliphatic carbocycles. The largest absolute Gasteiger partial charge is 0.496 e. The fourth-order valence-corrected chi connectivity index (χ4v) is 4.07. The van der Waals surface area contributed by atoms with Gasteiger partial charge in [0, 0.05) is 28.9 Å². The summed E-state index contributed by atoms with van der Waals surface area (Å²) in [5.74, 6) is -0.998. The summed E-state index contributed by atoms with van der Waals surface area (Å²) in [6.07, 6.45) is 5.78. The van der Waals surface area contributed by atoms with Crippen LogP contribution < -0.4 is 15.4 Å². The zero-order valence-corrected chi connectivity index (χ0v) is 20.5. The Morgan fingerprint density at radius 3 is 2.57 bits per heavy atom. The lowest BCUT2D eigenvalue weighted by Crippen LogP contribution is -2.29. The molecule has 3 aromatic rings. The number of ether oxygens (including phenoxy) is 1. The molecule has 35 heavy (non-hydrogen) atoms. The lowest BCUT2D eigenvalue weighted by atomic mass is 9.98. The van der Waals surface area contributed by atoms with Crippen molar-refractivity contribution in [2.45, 2.75) is 46.1 Å². The van der Waals surface area contributed by atoms with Gasteiger partial charge in [0.2, 0.25) is 5.91 Å². The molecule has 0 fully saturated rings. The third kappa shape index (κ3) is 6.62. The minimum atomic E-state index is -1.11. The highest BCUT2D eigenvalue weighted by molar-refractivity contribution is 5.96. The number of aromatic nitrogens is 1. The van der Waals surface area contributed by atoms with Crippen LogP contribution in [0.3, 0.4) is 0 Å². The Morgan fingerprint density at radius 1 is 1.09 bits per heavy atom. The average molecular weight is 480 g/mol. The first-order chi connectivity index (χ1) is 16.9. The van der Waals surface area contributed by atoms with Crippen LogP contribution in [-0.2, 0) is 16.1 Å². The van der Waals surface area contributed by atoms with Gasteiger partial charge in [-0.1, -0.05) is 38.8 Å². The Morgan fingerprint density at radius 2 is 1.89 bits per heavy atom. The molecule has 0 aliphatic heterocycles. The van der Waals surface area contributed by atoms with E-state index in [9.17, 15) is 14.4 Å². The highest BCUT2D eigenvalue weighted by Crippen LogP contribution is 2.26.